The number of likely N-dealkylation sites (tertiary alicyclic amines) is 1. The predicted octanol–water partition coefficient (Wildman–Crippen LogP) is 3.72. The number of hydrogen-bond donors (Lipinski definition) is 1. The second-order valence-electron chi connectivity index (χ2n) is 5.12. The molecule has 1 saturated heterocycles. The van der Waals surface area contributed by atoms with E-state index in [0.29, 0.717) is 17.7 Å². The third kappa shape index (κ3) is 4.62. The van der Waals surface area contributed by atoms with Gasteiger partial charge in [-0.05, 0) is 59.9 Å². The van der Waals surface area contributed by atoms with Crippen molar-refractivity contribution in [2.24, 2.45) is 0 Å². The van der Waals surface area contributed by atoms with Crippen LogP contribution in [0.4, 0.5) is 0 Å². The lowest BCUT2D eigenvalue weighted by Crippen LogP contribution is -2.42. The van der Waals surface area contributed by atoms with Crippen LogP contribution in [-0.4, -0.2) is 42.4 Å². The number of benzene rings is 1. The summed E-state index contributed by atoms with van der Waals surface area (Å²) < 4.78 is 6.70. The molecule has 112 valence electrons. The van der Waals surface area contributed by atoms with Crippen LogP contribution in [0.25, 0.3) is 0 Å². The van der Waals surface area contributed by atoms with Gasteiger partial charge in [-0.2, -0.15) is 0 Å². The Bertz CT molecular complexity index is 428. The van der Waals surface area contributed by atoms with E-state index in [4.69, 9.17) is 21.4 Å². The molecule has 1 aromatic rings. The van der Waals surface area contributed by atoms with Crippen LogP contribution in [0, 0.1) is 0 Å². The standard InChI is InChI=1S/C15H21BrClNO2/c16-14-11-12(17)4-5-15(14)20-10-8-18-7-2-1-3-13(18)6-9-19/h4-5,11,13,19H,1-3,6-10H2. The molecule has 0 saturated carbocycles. The van der Waals surface area contributed by atoms with Crippen LogP contribution >= 0.6 is 27.5 Å². The molecule has 0 aliphatic carbocycles. The van der Waals surface area contributed by atoms with Crippen molar-refractivity contribution in [2.45, 2.75) is 31.7 Å². The van der Waals surface area contributed by atoms with E-state index in [1.54, 1.807) is 0 Å². The molecule has 1 aliphatic heterocycles. The summed E-state index contributed by atoms with van der Waals surface area (Å²) in [5.41, 5.74) is 0. The zero-order valence-corrected chi connectivity index (χ0v) is 13.9. The molecule has 0 aromatic heterocycles. The number of rotatable bonds is 6. The second-order valence-corrected chi connectivity index (χ2v) is 6.41. The SMILES string of the molecule is OCCC1CCCCN1CCOc1ccc(Cl)cc1Br. The Morgan fingerprint density at radius 1 is 1.40 bits per heavy atom. The van der Waals surface area contributed by atoms with Crippen LogP contribution in [0.3, 0.4) is 0 Å². The summed E-state index contributed by atoms with van der Waals surface area (Å²) >= 11 is 9.36. The molecule has 2 rings (SSSR count). The van der Waals surface area contributed by atoms with Crippen LogP contribution in [0.5, 0.6) is 5.75 Å². The zero-order valence-electron chi connectivity index (χ0n) is 11.5. The Hall–Kier alpha value is -0.290. The van der Waals surface area contributed by atoms with E-state index >= 15 is 0 Å². The molecule has 1 atom stereocenters. The fourth-order valence-electron chi connectivity index (χ4n) is 2.70. The van der Waals surface area contributed by atoms with E-state index in [1.807, 2.05) is 18.2 Å². The molecule has 1 N–H and O–H groups in total. The van der Waals surface area contributed by atoms with Crippen molar-refractivity contribution in [1.29, 1.82) is 0 Å². The molecule has 0 bridgehead atoms. The van der Waals surface area contributed by atoms with Crippen LogP contribution in [-0.2, 0) is 0 Å². The fraction of sp³-hybridized carbons (Fsp3) is 0.600. The summed E-state index contributed by atoms with van der Waals surface area (Å²) in [6, 6.07) is 6.06. The average molecular weight is 363 g/mol. The summed E-state index contributed by atoms with van der Waals surface area (Å²) in [6.07, 6.45) is 4.56. The Balaban J connectivity index is 1.82. The fourth-order valence-corrected chi connectivity index (χ4v) is 3.49. The number of hydrogen-bond acceptors (Lipinski definition) is 3. The van der Waals surface area contributed by atoms with Gasteiger partial charge in [0.2, 0.25) is 0 Å². The van der Waals surface area contributed by atoms with Crippen LogP contribution in [0.2, 0.25) is 5.02 Å². The maximum atomic E-state index is 9.13. The largest absolute Gasteiger partial charge is 0.491 e. The maximum Gasteiger partial charge on any atom is 0.133 e. The number of piperidine rings is 1. The lowest BCUT2D eigenvalue weighted by atomic mass is 10.00. The lowest BCUT2D eigenvalue weighted by Gasteiger charge is -2.35. The van der Waals surface area contributed by atoms with Gasteiger partial charge in [0, 0.05) is 24.2 Å². The highest BCUT2D eigenvalue weighted by Crippen LogP contribution is 2.28. The monoisotopic (exact) mass is 361 g/mol. The quantitative estimate of drug-likeness (QED) is 0.837. The number of ether oxygens (including phenoxy) is 1. The van der Waals surface area contributed by atoms with Gasteiger partial charge >= 0.3 is 0 Å². The molecule has 0 spiro atoms. The molecule has 1 aromatic carbocycles. The first-order chi connectivity index (χ1) is 9.70. The van der Waals surface area contributed by atoms with Crippen molar-refractivity contribution >= 4 is 27.5 Å². The van der Waals surface area contributed by atoms with Crippen molar-refractivity contribution < 1.29 is 9.84 Å². The van der Waals surface area contributed by atoms with Gasteiger partial charge in [0.05, 0.1) is 4.47 Å². The average Bonchev–Trinajstić information content (AvgIpc) is 2.43. The minimum Gasteiger partial charge on any atom is -0.491 e. The number of aliphatic hydroxyl groups is 1. The third-order valence-corrected chi connectivity index (χ3v) is 4.60. The van der Waals surface area contributed by atoms with E-state index in [-0.39, 0.29) is 6.61 Å². The zero-order chi connectivity index (χ0) is 14.4. The highest BCUT2D eigenvalue weighted by molar-refractivity contribution is 9.10. The molecular weight excluding hydrogens is 342 g/mol. The van der Waals surface area contributed by atoms with E-state index in [9.17, 15) is 0 Å². The Morgan fingerprint density at radius 2 is 2.25 bits per heavy atom. The molecule has 1 aliphatic rings. The topological polar surface area (TPSA) is 32.7 Å². The molecule has 0 amide bonds. The van der Waals surface area contributed by atoms with E-state index in [0.717, 1.165) is 29.7 Å². The minimum absolute atomic E-state index is 0.269. The van der Waals surface area contributed by atoms with Gasteiger partial charge in [0.15, 0.2) is 0 Å². The van der Waals surface area contributed by atoms with Crippen LogP contribution in [0.1, 0.15) is 25.7 Å². The van der Waals surface area contributed by atoms with Crippen LogP contribution in [0.15, 0.2) is 22.7 Å². The van der Waals surface area contributed by atoms with Gasteiger partial charge in [0.1, 0.15) is 12.4 Å². The van der Waals surface area contributed by atoms with Gasteiger partial charge in [0.25, 0.3) is 0 Å². The molecule has 5 heteroatoms. The van der Waals surface area contributed by atoms with Crippen molar-refractivity contribution in [2.75, 3.05) is 26.3 Å². The molecule has 1 heterocycles. The number of nitrogens with zero attached hydrogens (tertiary/aromatic N) is 1. The summed E-state index contributed by atoms with van der Waals surface area (Å²) in [7, 11) is 0. The minimum atomic E-state index is 0.269. The predicted molar refractivity (Wildman–Crippen MR) is 85.6 cm³/mol. The van der Waals surface area contributed by atoms with Gasteiger partial charge in [-0.25, -0.2) is 0 Å². The van der Waals surface area contributed by atoms with E-state index in [2.05, 4.69) is 20.8 Å². The molecule has 20 heavy (non-hydrogen) atoms. The van der Waals surface area contributed by atoms with Crippen molar-refractivity contribution in [3.05, 3.63) is 27.7 Å². The van der Waals surface area contributed by atoms with Gasteiger partial charge < -0.3 is 9.84 Å². The molecular formula is C15H21BrClNO2. The summed E-state index contributed by atoms with van der Waals surface area (Å²) in [5.74, 6) is 0.824. The van der Waals surface area contributed by atoms with Gasteiger partial charge in [-0.1, -0.05) is 18.0 Å². The molecule has 3 nitrogen and oxygen atoms in total. The molecule has 1 unspecified atom stereocenters. The Labute approximate surface area is 134 Å². The second kappa shape index (κ2) is 8.23. The first kappa shape index (κ1) is 16.1. The van der Waals surface area contributed by atoms with Crippen molar-refractivity contribution in [3.8, 4) is 5.75 Å². The first-order valence-electron chi connectivity index (χ1n) is 7.13. The lowest BCUT2D eigenvalue weighted by molar-refractivity contribution is 0.101. The summed E-state index contributed by atoms with van der Waals surface area (Å²) in [6.45, 7) is 2.93. The Morgan fingerprint density at radius 3 is 3.00 bits per heavy atom. The highest BCUT2D eigenvalue weighted by Gasteiger charge is 2.21. The smallest absolute Gasteiger partial charge is 0.133 e. The molecule has 1 fully saturated rings. The van der Waals surface area contributed by atoms with Gasteiger partial charge in [-0.3, -0.25) is 4.90 Å². The first-order valence-corrected chi connectivity index (χ1v) is 8.30. The molecule has 0 radical (unpaired) electrons. The number of aliphatic hydroxyl groups excluding tert-OH is 1. The van der Waals surface area contributed by atoms with Crippen LogP contribution < -0.4 is 4.74 Å². The van der Waals surface area contributed by atoms with Crippen molar-refractivity contribution in [1.82, 2.24) is 4.90 Å². The summed E-state index contributed by atoms with van der Waals surface area (Å²) in [5, 5.41) is 9.82. The van der Waals surface area contributed by atoms with Crippen molar-refractivity contribution in [3.63, 3.8) is 0 Å². The Kier molecular flexibility index (Phi) is 6.62. The third-order valence-electron chi connectivity index (χ3n) is 3.74. The number of halogens is 2. The van der Waals surface area contributed by atoms with Gasteiger partial charge in [-0.15, -0.1) is 0 Å². The van der Waals surface area contributed by atoms with E-state index < -0.39 is 0 Å². The highest BCUT2D eigenvalue weighted by atomic mass is 79.9. The van der Waals surface area contributed by atoms with E-state index in [1.165, 1.54) is 19.3 Å². The summed E-state index contributed by atoms with van der Waals surface area (Å²) in [4.78, 5) is 2.43. The normalized spacial score (nSPS) is 20.1. The maximum absolute atomic E-state index is 9.13.